The number of rotatable bonds is 5. The van der Waals surface area contributed by atoms with E-state index in [0.717, 1.165) is 35.8 Å². The van der Waals surface area contributed by atoms with Gasteiger partial charge in [-0.25, -0.2) is 0 Å². The van der Waals surface area contributed by atoms with Crippen LogP contribution in [0, 0.1) is 0 Å². The summed E-state index contributed by atoms with van der Waals surface area (Å²) in [6.07, 6.45) is 3.11. The van der Waals surface area contributed by atoms with E-state index in [1.807, 2.05) is 18.2 Å². The van der Waals surface area contributed by atoms with Gasteiger partial charge in [-0.15, -0.1) is 0 Å². The van der Waals surface area contributed by atoms with E-state index in [4.69, 9.17) is 14.6 Å². The maximum absolute atomic E-state index is 10.1. The molecule has 4 rings (SSSR count). The Hall–Kier alpha value is -3.63. The first-order valence-electron chi connectivity index (χ1n) is 10.6. The molecule has 0 aliphatic heterocycles. The maximum Gasteiger partial charge on any atom is 0.300 e. The molecule has 0 fully saturated rings. The van der Waals surface area contributed by atoms with Crippen LogP contribution in [0.25, 0.3) is 28.3 Å². The van der Waals surface area contributed by atoms with E-state index in [0.29, 0.717) is 0 Å². The third-order valence-corrected chi connectivity index (χ3v) is 5.38. The standard InChI is InChI=1S/C26H24O2.C2H4O2/c1-3-20-23(22-14-9-15-25(28-2)26(22)24(20)17-27)16-19-12-7-8-13-21(19)18-10-5-4-6-11-18;1-2(3)4/h4-16,27H,3,17H2,1-2H3;1H3,(H,3,4)/b23-16-;. The zero-order chi connectivity index (χ0) is 23.1. The normalized spacial score (nSPS) is 13.4. The molecule has 32 heavy (non-hydrogen) atoms. The topological polar surface area (TPSA) is 66.8 Å². The van der Waals surface area contributed by atoms with Crippen LogP contribution >= 0.6 is 0 Å². The smallest absolute Gasteiger partial charge is 0.300 e. The number of hydrogen-bond acceptors (Lipinski definition) is 3. The first-order valence-corrected chi connectivity index (χ1v) is 10.6. The Labute approximate surface area is 189 Å². The SMILES string of the molecule is CC(=O)O.CCC1=C(CO)c2c(OC)cccc2/C1=C\c1ccccc1-c1ccccc1. The van der Waals surface area contributed by atoms with E-state index in [1.54, 1.807) is 7.11 Å². The third kappa shape index (κ3) is 4.82. The Kier molecular flexibility index (Phi) is 7.63. The van der Waals surface area contributed by atoms with Crippen molar-refractivity contribution in [2.24, 2.45) is 0 Å². The summed E-state index contributed by atoms with van der Waals surface area (Å²) >= 11 is 0. The molecule has 164 valence electrons. The first-order chi connectivity index (χ1) is 15.5. The molecule has 0 atom stereocenters. The minimum absolute atomic E-state index is 0.00815. The number of carboxylic acids is 1. The summed E-state index contributed by atoms with van der Waals surface area (Å²) in [5, 5.41) is 17.5. The van der Waals surface area contributed by atoms with Crippen LogP contribution in [-0.4, -0.2) is 29.9 Å². The van der Waals surface area contributed by atoms with Gasteiger partial charge in [-0.2, -0.15) is 0 Å². The molecule has 2 N–H and O–H groups in total. The molecule has 0 saturated heterocycles. The average molecular weight is 429 g/mol. The highest BCUT2D eigenvalue weighted by Gasteiger charge is 2.27. The second-order valence-corrected chi connectivity index (χ2v) is 7.38. The highest BCUT2D eigenvalue weighted by molar-refractivity contribution is 6.07. The molecule has 0 radical (unpaired) electrons. The average Bonchev–Trinajstić information content (AvgIpc) is 3.12. The van der Waals surface area contributed by atoms with Crippen LogP contribution in [0.2, 0.25) is 0 Å². The van der Waals surface area contributed by atoms with Gasteiger partial charge in [0.15, 0.2) is 0 Å². The predicted octanol–water partition coefficient (Wildman–Crippen LogP) is 6.16. The van der Waals surface area contributed by atoms with Crippen molar-refractivity contribution in [2.45, 2.75) is 20.3 Å². The van der Waals surface area contributed by atoms with Crippen molar-refractivity contribution < 1.29 is 19.7 Å². The Morgan fingerprint density at radius 3 is 2.16 bits per heavy atom. The number of aliphatic carboxylic acids is 1. The van der Waals surface area contributed by atoms with Crippen LogP contribution in [-0.2, 0) is 4.79 Å². The lowest BCUT2D eigenvalue weighted by atomic mass is 9.94. The van der Waals surface area contributed by atoms with E-state index in [9.17, 15) is 5.11 Å². The van der Waals surface area contributed by atoms with Gasteiger partial charge in [0.25, 0.3) is 5.97 Å². The summed E-state index contributed by atoms with van der Waals surface area (Å²) in [6, 6.07) is 25.0. The Morgan fingerprint density at radius 1 is 0.906 bits per heavy atom. The number of fused-ring (bicyclic) bond motifs is 1. The van der Waals surface area contributed by atoms with Crippen LogP contribution < -0.4 is 4.74 Å². The zero-order valence-corrected chi connectivity index (χ0v) is 18.6. The molecular weight excluding hydrogens is 400 g/mol. The van der Waals surface area contributed by atoms with Crippen molar-refractivity contribution in [3.8, 4) is 16.9 Å². The van der Waals surface area contributed by atoms with Crippen molar-refractivity contribution in [1.29, 1.82) is 0 Å². The van der Waals surface area contributed by atoms with Gasteiger partial charge in [-0.3, -0.25) is 4.79 Å². The number of hydrogen-bond donors (Lipinski definition) is 2. The van der Waals surface area contributed by atoms with E-state index in [1.165, 1.54) is 27.8 Å². The van der Waals surface area contributed by atoms with Crippen LogP contribution in [0.3, 0.4) is 0 Å². The Balaban J connectivity index is 0.000000668. The molecule has 0 unspecified atom stereocenters. The second kappa shape index (κ2) is 10.6. The molecule has 1 aliphatic rings. The predicted molar refractivity (Wildman–Crippen MR) is 130 cm³/mol. The van der Waals surface area contributed by atoms with Crippen molar-refractivity contribution in [3.63, 3.8) is 0 Å². The van der Waals surface area contributed by atoms with Crippen molar-refractivity contribution in [2.75, 3.05) is 13.7 Å². The van der Waals surface area contributed by atoms with Crippen LogP contribution in [0.15, 0.2) is 78.4 Å². The van der Waals surface area contributed by atoms with Crippen LogP contribution in [0.1, 0.15) is 37.0 Å². The van der Waals surface area contributed by atoms with Gasteiger partial charge in [-0.1, -0.05) is 73.7 Å². The number of ether oxygens (including phenoxy) is 1. The molecular formula is C28H28O4. The lowest BCUT2D eigenvalue weighted by Crippen LogP contribution is -1.95. The number of aliphatic hydroxyl groups is 1. The molecule has 4 nitrogen and oxygen atoms in total. The largest absolute Gasteiger partial charge is 0.496 e. The van der Waals surface area contributed by atoms with Crippen molar-refractivity contribution in [1.82, 2.24) is 0 Å². The summed E-state index contributed by atoms with van der Waals surface area (Å²) in [7, 11) is 1.68. The molecule has 4 heteroatoms. The lowest BCUT2D eigenvalue weighted by Gasteiger charge is -2.11. The van der Waals surface area contributed by atoms with Gasteiger partial charge in [-0.05, 0) is 57.5 Å². The fraction of sp³-hybridized carbons (Fsp3) is 0.179. The highest BCUT2D eigenvalue weighted by atomic mass is 16.5. The molecule has 0 amide bonds. The molecule has 0 heterocycles. The van der Waals surface area contributed by atoms with Gasteiger partial charge in [0, 0.05) is 12.5 Å². The molecule has 0 saturated carbocycles. The zero-order valence-electron chi connectivity index (χ0n) is 18.6. The summed E-state index contributed by atoms with van der Waals surface area (Å²) < 4.78 is 5.60. The molecule has 1 aliphatic carbocycles. The van der Waals surface area contributed by atoms with Gasteiger partial charge >= 0.3 is 0 Å². The molecule has 0 spiro atoms. The quantitative estimate of drug-likeness (QED) is 0.510. The van der Waals surface area contributed by atoms with Gasteiger partial charge < -0.3 is 14.9 Å². The summed E-state index contributed by atoms with van der Waals surface area (Å²) in [4.78, 5) is 9.00. The second-order valence-electron chi connectivity index (χ2n) is 7.38. The van der Waals surface area contributed by atoms with Gasteiger partial charge in [0.05, 0.1) is 13.7 Å². The number of carboxylic acid groups (broad SMARTS) is 1. The summed E-state index contributed by atoms with van der Waals surface area (Å²) in [5.74, 6) is -0.0211. The van der Waals surface area contributed by atoms with E-state index >= 15 is 0 Å². The minimum Gasteiger partial charge on any atom is -0.496 e. The molecule has 0 aromatic heterocycles. The minimum atomic E-state index is -0.833. The number of aliphatic hydroxyl groups excluding tert-OH is 1. The maximum atomic E-state index is 10.1. The van der Waals surface area contributed by atoms with E-state index in [-0.39, 0.29) is 6.61 Å². The fourth-order valence-electron chi connectivity index (χ4n) is 4.12. The molecule has 3 aromatic rings. The highest BCUT2D eigenvalue weighted by Crippen LogP contribution is 2.47. The Bertz CT molecular complexity index is 1150. The first kappa shape index (κ1) is 23.0. The number of methoxy groups -OCH3 is 1. The van der Waals surface area contributed by atoms with E-state index in [2.05, 4.69) is 67.6 Å². The van der Waals surface area contributed by atoms with Crippen LogP contribution in [0.5, 0.6) is 5.75 Å². The number of benzene rings is 3. The van der Waals surface area contributed by atoms with Gasteiger partial charge in [0.2, 0.25) is 0 Å². The summed E-state index contributed by atoms with van der Waals surface area (Å²) in [6.45, 7) is 3.23. The number of allylic oxidation sites excluding steroid dienone is 2. The third-order valence-electron chi connectivity index (χ3n) is 5.38. The van der Waals surface area contributed by atoms with Crippen molar-refractivity contribution in [3.05, 3.63) is 95.1 Å². The molecule has 0 bridgehead atoms. The summed E-state index contributed by atoms with van der Waals surface area (Å²) in [5.41, 5.74) is 9.04. The van der Waals surface area contributed by atoms with Crippen molar-refractivity contribution >= 4 is 23.2 Å². The van der Waals surface area contributed by atoms with Crippen LogP contribution in [0.4, 0.5) is 0 Å². The van der Waals surface area contributed by atoms with E-state index < -0.39 is 5.97 Å². The Morgan fingerprint density at radius 2 is 1.53 bits per heavy atom. The number of carbonyl (C=O) groups is 1. The van der Waals surface area contributed by atoms with Gasteiger partial charge in [0.1, 0.15) is 5.75 Å². The monoisotopic (exact) mass is 428 g/mol. The fourth-order valence-corrected chi connectivity index (χ4v) is 4.12. The molecule has 3 aromatic carbocycles. The lowest BCUT2D eigenvalue weighted by molar-refractivity contribution is -0.134.